The predicted octanol–water partition coefficient (Wildman–Crippen LogP) is 2.79. The van der Waals surface area contributed by atoms with Crippen LogP contribution in [0.4, 0.5) is 18.9 Å². The number of nitrogens with zero attached hydrogens (tertiary/aromatic N) is 3. The van der Waals surface area contributed by atoms with Crippen LogP contribution in [-0.2, 0) is 12.6 Å². The minimum atomic E-state index is -4.29. The number of benzene rings is 1. The van der Waals surface area contributed by atoms with Gasteiger partial charge in [-0.25, -0.2) is 0 Å². The first-order valence-electron chi connectivity index (χ1n) is 8.72. The highest BCUT2D eigenvalue weighted by Crippen LogP contribution is 2.30. The van der Waals surface area contributed by atoms with Gasteiger partial charge in [-0.15, -0.1) is 0 Å². The third kappa shape index (κ3) is 4.95. The molecule has 2 heterocycles. The molecule has 0 saturated carbocycles. The summed E-state index contributed by atoms with van der Waals surface area (Å²) in [6, 6.07) is 11.2. The van der Waals surface area contributed by atoms with Gasteiger partial charge in [-0.2, -0.15) is 13.2 Å². The number of alkyl halides is 3. The van der Waals surface area contributed by atoms with Crippen LogP contribution >= 0.6 is 0 Å². The van der Waals surface area contributed by atoms with E-state index >= 15 is 0 Å². The number of nitrogens with two attached hydrogens (primary N) is 1. The number of anilines is 1. The second-order valence-corrected chi connectivity index (χ2v) is 6.62. The fourth-order valence-corrected chi connectivity index (χ4v) is 3.23. The van der Waals surface area contributed by atoms with Crippen LogP contribution in [0.1, 0.15) is 11.3 Å². The summed E-state index contributed by atoms with van der Waals surface area (Å²) in [6.45, 7) is 4.04. The second-order valence-electron chi connectivity index (χ2n) is 6.62. The Kier molecular flexibility index (Phi) is 5.78. The van der Waals surface area contributed by atoms with Gasteiger partial charge in [0.1, 0.15) is 0 Å². The summed E-state index contributed by atoms with van der Waals surface area (Å²) in [5.41, 5.74) is 7.45. The molecule has 0 bridgehead atoms. The molecule has 1 aromatic heterocycles. The lowest BCUT2D eigenvalue weighted by atomic mass is 10.1. The number of piperazine rings is 1. The highest BCUT2D eigenvalue weighted by Gasteiger charge is 2.30. The maximum absolute atomic E-state index is 12.7. The predicted molar refractivity (Wildman–Crippen MR) is 96.0 cm³/mol. The van der Waals surface area contributed by atoms with Gasteiger partial charge < -0.3 is 10.6 Å². The number of halogens is 3. The third-order valence-electron chi connectivity index (χ3n) is 4.62. The fourth-order valence-electron chi connectivity index (χ4n) is 3.23. The molecule has 2 N–H and O–H groups in total. The molecule has 0 spiro atoms. The first-order valence-corrected chi connectivity index (χ1v) is 8.72. The molecule has 1 atom stereocenters. The number of pyridine rings is 1. The molecule has 0 aliphatic carbocycles. The van der Waals surface area contributed by atoms with Gasteiger partial charge in [0.25, 0.3) is 0 Å². The van der Waals surface area contributed by atoms with Gasteiger partial charge in [0.05, 0.1) is 5.56 Å². The zero-order chi connectivity index (χ0) is 18.6. The number of hydrogen-bond acceptors (Lipinski definition) is 4. The number of hydrogen-bond donors (Lipinski definition) is 1. The first-order chi connectivity index (χ1) is 12.4. The SMILES string of the molecule is NC(Cc1ccccn1)CN1CCN(c2ccc(C(F)(F)F)cc2)CC1. The van der Waals surface area contributed by atoms with Crippen molar-refractivity contribution in [2.75, 3.05) is 37.6 Å². The van der Waals surface area contributed by atoms with E-state index in [2.05, 4.69) is 14.8 Å². The number of aromatic nitrogens is 1. The molecule has 1 unspecified atom stereocenters. The molecule has 4 nitrogen and oxygen atoms in total. The van der Waals surface area contributed by atoms with Crippen LogP contribution in [0.3, 0.4) is 0 Å². The molecule has 3 rings (SSSR count). The Morgan fingerprint density at radius 1 is 1.00 bits per heavy atom. The highest BCUT2D eigenvalue weighted by atomic mass is 19.4. The number of rotatable bonds is 5. The summed E-state index contributed by atoms with van der Waals surface area (Å²) in [5, 5.41) is 0. The van der Waals surface area contributed by atoms with Gasteiger partial charge in [-0.1, -0.05) is 6.07 Å². The van der Waals surface area contributed by atoms with Crippen LogP contribution in [0.2, 0.25) is 0 Å². The average Bonchev–Trinajstić information content (AvgIpc) is 2.62. The molecule has 2 aromatic rings. The van der Waals surface area contributed by atoms with E-state index in [1.54, 1.807) is 18.3 Å². The molecule has 140 valence electrons. The van der Waals surface area contributed by atoms with E-state index in [-0.39, 0.29) is 6.04 Å². The van der Waals surface area contributed by atoms with E-state index in [0.717, 1.165) is 62.7 Å². The Balaban J connectivity index is 1.48. The zero-order valence-electron chi connectivity index (χ0n) is 14.5. The van der Waals surface area contributed by atoms with Crippen LogP contribution in [0.5, 0.6) is 0 Å². The lowest BCUT2D eigenvalue weighted by Crippen LogP contribution is -2.50. The summed E-state index contributed by atoms with van der Waals surface area (Å²) in [5.74, 6) is 0. The summed E-state index contributed by atoms with van der Waals surface area (Å²) < 4.78 is 38.0. The van der Waals surface area contributed by atoms with E-state index in [1.165, 1.54) is 0 Å². The Morgan fingerprint density at radius 2 is 1.69 bits per heavy atom. The van der Waals surface area contributed by atoms with E-state index in [1.807, 2.05) is 18.2 Å². The Hall–Kier alpha value is -2.12. The minimum absolute atomic E-state index is 0.0162. The van der Waals surface area contributed by atoms with Gasteiger partial charge >= 0.3 is 6.18 Å². The van der Waals surface area contributed by atoms with Crippen molar-refractivity contribution < 1.29 is 13.2 Å². The van der Waals surface area contributed by atoms with Gasteiger partial charge in [0.2, 0.25) is 0 Å². The van der Waals surface area contributed by atoms with Crippen LogP contribution < -0.4 is 10.6 Å². The van der Waals surface area contributed by atoms with Crippen molar-refractivity contribution in [1.29, 1.82) is 0 Å². The third-order valence-corrected chi connectivity index (χ3v) is 4.62. The zero-order valence-corrected chi connectivity index (χ0v) is 14.5. The van der Waals surface area contributed by atoms with Crippen molar-refractivity contribution in [3.63, 3.8) is 0 Å². The van der Waals surface area contributed by atoms with E-state index in [9.17, 15) is 13.2 Å². The average molecular weight is 364 g/mol. The van der Waals surface area contributed by atoms with Crippen molar-refractivity contribution in [3.8, 4) is 0 Å². The highest BCUT2D eigenvalue weighted by molar-refractivity contribution is 5.48. The summed E-state index contributed by atoms with van der Waals surface area (Å²) in [7, 11) is 0. The Bertz CT molecular complexity index is 680. The van der Waals surface area contributed by atoms with Crippen molar-refractivity contribution in [1.82, 2.24) is 9.88 Å². The molecule has 26 heavy (non-hydrogen) atoms. The molecular weight excluding hydrogens is 341 g/mol. The molecule has 1 aliphatic rings. The van der Waals surface area contributed by atoms with Gasteiger partial charge in [-0.3, -0.25) is 9.88 Å². The van der Waals surface area contributed by atoms with Crippen molar-refractivity contribution in [2.24, 2.45) is 5.73 Å². The summed E-state index contributed by atoms with van der Waals surface area (Å²) in [6.07, 6.45) is -1.79. The van der Waals surface area contributed by atoms with Crippen molar-refractivity contribution >= 4 is 5.69 Å². The van der Waals surface area contributed by atoms with E-state index in [4.69, 9.17) is 5.73 Å². The largest absolute Gasteiger partial charge is 0.416 e. The molecule has 0 radical (unpaired) electrons. The Labute approximate surface area is 151 Å². The molecule has 1 aromatic carbocycles. The quantitative estimate of drug-likeness (QED) is 0.886. The Morgan fingerprint density at radius 3 is 2.27 bits per heavy atom. The van der Waals surface area contributed by atoms with Gasteiger partial charge in [-0.05, 0) is 36.4 Å². The van der Waals surface area contributed by atoms with E-state index < -0.39 is 11.7 Å². The monoisotopic (exact) mass is 364 g/mol. The van der Waals surface area contributed by atoms with Crippen LogP contribution in [0.15, 0.2) is 48.7 Å². The molecule has 7 heteroatoms. The lowest BCUT2D eigenvalue weighted by molar-refractivity contribution is -0.137. The molecule has 0 amide bonds. The topological polar surface area (TPSA) is 45.4 Å². The van der Waals surface area contributed by atoms with Crippen LogP contribution in [0.25, 0.3) is 0 Å². The summed E-state index contributed by atoms with van der Waals surface area (Å²) in [4.78, 5) is 8.71. The normalized spacial score (nSPS) is 17.3. The maximum atomic E-state index is 12.7. The maximum Gasteiger partial charge on any atom is 0.416 e. The fraction of sp³-hybridized carbons (Fsp3) is 0.421. The van der Waals surface area contributed by atoms with E-state index in [0.29, 0.717) is 0 Å². The summed E-state index contributed by atoms with van der Waals surface area (Å²) >= 11 is 0. The van der Waals surface area contributed by atoms with Gasteiger partial charge in [0, 0.05) is 62.8 Å². The lowest BCUT2D eigenvalue weighted by Gasteiger charge is -2.37. The first kappa shape index (κ1) is 18.7. The molecule has 1 saturated heterocycles. The van der Waals surface area contributed by atoms with Crippen molar-refractivity contribution in [3.05, 3.63) is 59.9 Å². The minimum Gasteiger partial charge on any atom is -0.369 e. The molecular formula is C19H23F3N4. The standard InChI is InChI=1S/C19H23F3N4/c20-19(21,22)15-4-6-18(7-5-15)26-11-9-25(10-12-26)14-16(23)13-17-3-1-2-8-24-17/h1-8,16H,9-14,23H2. The van der Waals surface area contributed by atoms with Gasteiger partial charge in [0.15, 0.2) is 0 Å². The smallest absolute Gasteiger partial charge is 0.369 e. The molecule has 1 fully saturated rings. The van der Waals surface area contributed by atoms with Crippen molar-refractivity contribution in [2.45, 2.75) is 18.6 Å². The van der Waals surface area contributed by atoms with Crippen LogP contribution in [-0.4, -0.2) is 48.6 Å². The van der Waals surface area contributed by atoms with Crippen LogP contribution in [0, 0.1) is 0 Å². The molecule has 1 aliphatic heterocycles. The second kappa shape index (κ2) is 8.05.